The van der Waals surface area contributed by atoms with Crippen LogP contribution in [-0.4, -0.2) is 11.6 Å². The van der Waals surface area contributed by atoms with Gasteiger partial charge in [0.05, 0.1) is 6.10 Å². The number of halogens is 1. The topological polar surface area (TPSA) is 35.2 Å². The van der Waals surface area contributed by atoms with E-state index in [-0.39, 0.29) is 5.54 Å². The van der Waals surface area contributed by atoms with Crippen molar-refractivity contribution in [3.05, 3.63) is 28.2 Å². The highest BCUT2D eigenvalue weighted by molar-refractivity contribution is 9.10. The number of hydrogen-bond acceptors (Lipinski definition) is 2. The van der Waals surface area contributed by atoms with Gasteiger partial charge in [0.2, 0.25) is 0 Å². The first-order chi connectivity index (χ1) is 7.94. The zero-order valence-corrected chi connectivity index (χ0v) is 12.1. The maximum Gasteiger partial charge on any atom is 0.123 e. The Hall–Kier alpha value is -0.540. The summed E-state index contributed by atoms with van der Waals surface area (Å²) in [5.41, 5.74) is 7.08. The second kappa shape index (κ2) is 4.99. The van der Waals surface area contributed by atoms with Crippen LogP contribution in [0.4, 0.5) is 0 Å². The van der Waals surface area contributed by atoms with E-state index in [0.29, 0.717) is 6.10 Å². The molecular weight excluding hydrogens is 278 g/mol. The maximum absolute atomic E-state index is 6.09. The number of rotatable bonds is 4. The van der Waals surface area contributed by atoms with Crippen molar-refractivity contribution in [2.45, 2.75) is 51.2 Å². The molecule has 0 spiro atoms. The average Bonchev–Trinajstić information content (AvgIpc) is 2.11. The summed E-state index contributed by atoms with van der Waals surface area (Å²) in [5, 5.41) is 0. The van der Waals surface area contributed by atoms with Crippen LogP contribution in [0.5, 0.6) is 5.75 Å². The van der Waals surface area contributed by atoms with Gasteiger partial charge in [-0.25, -0.2) is 0 Å². The van der Waals surface area contributed by atoms with E-state index in [0.717, 1.165) is 16.6 Å². The Balaban J connectivity index is 2.17. The summed E-state index contributed by atoms with van der Waals surface area (Å²) in [6, 6.07) is 6.19. The van der Waals surface area contributed by atoms with Gasteiger partial charge in [-0.3, -0.25) is 0 Å². The van der Waals surface area contributed by atoms with Crippen molar-refractivity contribution in [1.29, 1.82) is 0 Å². The van der Waals surface area contributed by atoms with Crippen molar-refractivity contribution in [2.24, 2.45) is 5.73 Å². The normalized spacial score (nSPS) is 16.7. The fourth-order valence-electron chi connectivity index (χ4n) is 1.96. The lowest BCUT2D eigenvalue weighted by atomic mass is 9.94. The van der Waals surface area contributed by atoms with Gasteiger partial charge in [0.25, 0.3) is 0 Å². The Morgan fingerprint density at radius 3 is 2.65 bits per heavy atom. The fourth-order valence-corrected chi connectivity index (χ4v) is 2.37. The highest BCUT2D eigenvalue weighted by Crippen LogP contribution is 2.31. The third-order valence-electron chi connectivity index (χ3n) is 3.01. The van der Waals surface area contributed by atoms with Crippen LogP contribution in [0.15, 0.2) is 22.7 Å². The van der Waals surface area contributed by atoms with Crippen molar-refractivity contribution in [1.82, 2.24) is 0 Å². The molecule has 1 aliphatic rings. The quantitative estimate of drug-likeness (QED) is 0.920. The van der Waals surface area contributed by atoms with Crippen molar-refractivity contribution < 1.29 is 4.74 Å². The van der Waals surface area contributed by atoms with Crippen molar-refractivity contribution >= 4 is 15.9 Å². The Bertz CT molecular complexity index is 394. The van der Waals surface area contributed by atoms with Gasteiger partial charge >= 0.3 is 0 Å². The summed E-state index contributed by atoms with van der Waals surface area (Å²) < 4.78 is 7.09. The predicted molar refractivity (Wildman–Crippen MR) is 74.4 cm³/mol. The standard InChI is InChI=1S/C14H20BrNO/c1-14(2,16)9-10-8-11(15)6-7-13(10)17-12-4-3-5-12/h6-8,12H,3-5,9,16H2,1-2H3. The summed E-state index contributed by atoms with van der Waals surface area (Å²) in [6.07, 6.45) is 4.90. The van der Waals surface area contributed by atoms with E-state index in [1.165, 1.54) is 24.8 Å². The molecule has 1 saturated carbocycles. The summed E-state index contributed by atoms with van der Waals surface area (Å²) >= 11 is 3.50. The number of benzene rings is 1. The summed E-state index contributed by atoms with van der Waals surface area (Å²) in [4.78, 5) is 0. The second-order valence-electron chi connectivity index (χ2n) is 5.59. The predicted octanol–water partition coefficient (Wildman–Crippen LogP) is 3.66. The maximum atomic E-state index is 6.09. The second-order valence-corrected chi connectivity index (χ2v) is 6.50. The van der Waals surface area contributed by atoms with Gasteiger partial charge in [-0.2, -0.15) is 0 Å². The smallest absolute Gasteiger partial charge is 0.123 e. The third kappa shape index (κ3) is 3.71. The highest BCUT2D eigenvalue weighted by atomic mass is 79.9. The van der Waals surface area contributed by atoms with E-state index in [2.05, 4.69) is 22.0 Å². The van der Waals surface area contributed by atoms with Gasteiger partial charge in [0, 0.05) is 10.0 Å². The largest absolute Gasteiger partial charge is 0.490 e. The van der Waals surface area contributed by atoms with Crippen LogP contribution in [0, 0.1) is 0 Å². The first kappa shape index (κ1) is 12.9. The molecule has 1 fully saturated rings. The molecule has 0 heterocycles. The molecule has 17 heavy (non-hydrogen) atoms. The molecule has 0 unspecified atom stereocenters. The fraction of sp³-hybridized carbons (Fsp3) is 0.571. The van der Waals surface area contributed by atoms with E-state index in [9.17, 15) is 0 Å². The zero-order chi connectivity index (χ0) is 12.5. The van der Waals surface area contributed by atoms with Crippen LogP contribution in [-0.2, 0) is 6.42 Å². The Morgan fingerprint density at radius 1 is 1.41 bits per heavy atom. The SMILES string of the molecule is CC(C)(N)Cc1cc(Br)ccc1OC1CCC1. The first-order valence-corrected chi connectivity index (χ1v) is 6.97. The van der Waals surface area contributed by atoms with Crippen LogP contribution in [0.3, 0.4) is 0 Å². The van der Waals surface area contributed by atoms with E-state index in [4.69, 9.17) is 10.5 Å². The lowest BCUT2D eigenvalue weighted by molar-refractivity contribution is 0.118. The third-order valence-corrected chi connectivity index (χ3v) is 3.51. The van der Waals surface area contributed by atoms with Gasteiger partial charge in [-0.05, 0) is 63.3 Å². The monoisotopic (exact) mass is 297 g/mol. The van der Waals surface area contributed by atoms with E-state index < -0.39 is 0 Å². The molecule has 2 nitrogen and oxygen atoms in total. The lowest BCUT2D eigenvalue weighted by Gasteiger charge is -2.29. The Labute approximate surface area is 112 Å². The van der Waals surface area contributed by atoms with Gasteiger partial charge < -0.3 is 10.5 Å². The average molecular weight is 298 g/mol. The van der Waals surface area contributed by atoms with Crippen LogP contribution < -0.4 is 10.5 Å². The minimum absolute atomic E-state index is 0.210. The molecule has 0 aliphatic heterocycles. The van der Waals surface area contributed by atoms with E-state index >= 15 is 0 Å². The van der Waals surface area contributed by atoms with E-state index in [1.54, 1.807) is 0 Å². The molecule has 2 rings (SSSR count). The Morgan fingerprint density at radius 2 is 2.12 bits per heavy atom. The molecular formula is C14H20BrNO. The molecule has 2 N–H and O–H groups in total. The van der Waals surface area contributed by atoms with Gasteiger partial charge in [-0.15, -0.1) is 0 Å². The minimum atomic E-state index is -0.210. The number of ether oxygens (including phenoxy) is 1. The van der Waals surface area contributed by atoms with Crippen LogP contribution in [0.25, 0.3) is 0 Å². The molecule has 0 bridgehead atoms. The molecule has 0 aromatic heterocycles. The number of hydrogen-bond donors (Lipinski definition) is 1. The van der Waals surface area contributed by atoms with Crippen LogP contribution >= 0.6 is 15.9 Å². The van der Waals surface area contributed by atoms with Gasteiger partial charge in [0.1, 0.15) is 5.75 Å². The van der Waals surface area contributed by atoms with Crippen molar-refractivity contribution in [3.8, 4) is 5.75 Å². The molecule has 1 aromatic rings. The molecule has 0 atom stereocenters. The highest BCUT2D eigenvalue weighted by Gasteiger charge is 2.22. The van der Waals surface area contributed by atoms with E-state index in [1.807, 2.05) is 26.0 Å². The Kier molecular flexibility index (Phi) is 3.79. The molecule has 0 saturated heterocycles. The summed E-state index contributed by atoms with van der Waals surface area (Å²) in [5.74, 6) is 0.997. The molecule has 0 amide bonds. The zero-order valence-electron chi connectivity index (χ0n) is 10.5. The molecule has 3 heteroatoms. The molecule has 1 aliphatic carbocycles. The summed E-state index contributed by atoms with van der Waals surface area (Å²) in [7, 11) is 0. The van der Waals surface area contributed by atoms with Crippen LogP contribution in [0.1, 0.15) is 38.7 Å². The number of nitrogens with two attached hydrogens (primary N) is 1. The molecule has 0 radical (unpaired) electrons. The van der Waals surface area contributed by atoms with Gasteiger partial charge in [0.15, 0.2) is 0 Å². The molecule has 94 valence electrons. The van der Waals surface area contributed by atoms with Crippen molar-refractivity contribution in [3.63, 3.8) is 0 Å². The molecule has 1 aromatic carbocycles. The first-order valence-electron chi connectivity index (χ1n) is 6.18. The van der Waals surface area contributed by atoms with Gasteiger partial charge in [-0.1, -0.05) is 15.9 Å². The van der Waals surface area contributed by atoms with Crippen LogP contribution in [0.2, 0.25) is 0 Å². The van der Waals surface area contributed by atoms with Crippen molar-refractivity contribution in [2.75, 3.05) is 0 Å². The lowest BCUT2D eigenvalue weighted by Crippen LogP contribution is -2.35. The minimum Gasteiger partial charge on any atom is -0.490 e. The summed E-state index contributed by atoms with van der Waals surface area (Å²) in [6.45, 7) is 4.09.